The van der Waals surface area contributed by atoms with Crippen LogP contribution in [0.2, 0.25) is 0 Å². The normalized spacial score (nSPS) is 16.7. The highest BCUT2D eigenvalue weighted by atomic mass is 32.2. The van der Waals surface area contributed by atoms with Gasteiger partial charge in [-0.2, -0.15) is 5.26 Å². The van der Waals surface area contributed by atoms with E-state index in [1.54, 1.807) is 12.3 Å². The molecule has 0 N–H and O–H groups in total. The van der Waals surface area contributed by atoms with Crippen LogP contribution in [0.5, 0.6) is 0 Å². The molecule has 1 heterocycles. The third-order valence-corrected chi connectivity index (χ3v) is 5.74. The van der Waals surface area contributed by atoms with E-state index in [0.29, 0.717) is 19.3 Å². The van der Waals surface area contributed by atoms with Gasteiger partial charge in [0.15, 0.2) is 15.5 Å². The number of aromatic nitrogens is 1. The number of pyridine rings is 1. The summed E-state index contributed by atoms with van der Waals surface area (Å²) in [6.07, 6.45) is 5.59. The standard InChI is InChI=1S/C13H16N2O2S/c1-2-10-7-13(12(8-14)15-9-10)18(16,17)11-5-3-4-6-11/h7,9,11H,2-6H2,1H3. The monoisotopic (exact) mass is 264 g/mol. The predicted molar refractivity (Wildman–Crippen MR) is 67.8 cm³/mol. The van der Waals surface area contributed by atoms with Gasteiger partial charge in [0.1, 0.15) is 11.0 Å². The fourth-order valence-corrected chi connectivity index (χ4v) is 4.35. The third-order valence-electron chi connectivity index (χ3n) is 3.47. The van der Waals surface area contributed by atoms with Gasteiger partial charge in [-0.3, -0.25) is 0 Å². The lowest BCUT2D eigenvalue weighted by Gasteiger charge is -2.12. The molecule has 5 heteroatoms. The highest BCUT2D eigenvalue weighted by Crippen LogP contribution is 2.30. The van der Waals surface area contributed by atoms with Gasteiger partial charge < -0.3 is 0 Å². The van der Waals surface area contributed by atoms with E-state index in [2.05, 4.69) is 4.98 Å². The van der Waals surface area contributed by atoms with Crippen molar-refractivity contribution < 1.29 is 8.42 Å². The molecule has 1 saturated carbocycles. The van der Waals surface area contributed by atoms with Crippen LogP contribution in [0.3, 0.4) is 0 Å². The van der Waals surface area contributed by atoms with Crippen molar-refractivity contribution in [1.29, 1.82) is 5.26 Å². The minimum Gasteiger partial charge on any atom is -0.244 e. The highest BCUT2D eigenvalue weighted by Gasteiger charge is 2.32. The quantitative estimate of drug-likeness (QED) is 0.839. The Morgan fingerprint density at radius 2 is 2.11 bits per heavy atom. The summed E-state index contributed by atoms with van der Waals surface area (Å²) in [5.74, 6) is 0. The second-order valence-corrected chi connectivity index (χ2v) is 6.80. The maximum absolute atomic E-state index is 12.5. The third kappa shape index (κ3) is 2.25. The van der Waals surface area contributed by atoms with Gasteiger partial charge in [0.25, 0.3) is 0 Å². The van der Waals surface area contributed by atoms with Crippen molar-refractivity contribution in [3.05, 3.63) is 23.5 Å². The Kier molecular flexibility index (Phi) is 3.67. The molecule has 0 bridgehead atoms. The van der Waals surface area contributed by atoms with Crippen LogP contribution in [0, 0.1) is 11.3 Å². The Labute approximate surface area is 108 Å². The lowest BCUT2D eigenvalue weighted by molar-refractivity contribution is 0.578. The van der Waals surface area contributed by atoms with Crippen molar-refractivity contribution in [2.75, 3.05) is 0 Å². The Balaban J connectivity index is 2.51. The molecule has 0 unspecified atom stereocenters. The van der Waals surface area contributed by atoms with Crippen molar-refractivity contribution in [2.45, 2.75) is 49.2 Å². The van der Waals surface area contributed by atoms with Crippen molar-refractivity contribution in [2.24, 2.45) is 0 Å². The molecule has 18 heavy (non-hydrogen) atoms. The lowest BCUT2D eigenvalue weighted by atomic mass is 10.2. The van der Waals surface area contributed by atoms with E-state index < -0.39 is 9.84 Å². The van der Waals surface area contributed by atoms with E-state index in [1.165, 1.54) is 0 Å². The van der Waals surface area contributed by atoms with E-state index in [4.69, 9.17) is 5.26 Å². The number of hydrogen-bond donors (Lipinski definition) is 0. The summed E-state index contributed by atoms with van der Waals surface area (Å²) in [7, 11) is -3.40. The molecular formula is C13H16N2O2S. The molecule has 0 amide bonds. The first-order chi connectivity index (χ1) is 8.59. The first-order valence-electron chi connectivity index (χ1n) is 6.22. The maximum atomic E-state index is 12.5. The average Bonchev–Trinajstić information content (AvgIpc) is 2.92. The molecule has 0 radical (unpaired) electrons. The second-order valence-electron chi connectivity index (χ2n) is 4.61. The fraction of sp³-hybridized carbons (Fsp3) is 0.538. The molecule has 0 aliphatic heterocycles. The minimum absolute atomic E-state index is 0.0269. The van der Waals surface area contributed by atoms with Crippen molar-refractivity contribution >= 4 is 9.84 Å². The molecule has 1 fully saturated rings. The molecule has 1 aromatic rings. The van der Waals surface area contributed by atoms with Crippen LogP contribution in [-0.2, 0) is 16.3 Å². The van der Waals surface area contributed by atoms with Gasteiger partial charge in [-0.05, 0) is 30.9 Å². The number of nitrogens with zero attached hydrogens (tertiary/aromatic N) is 2. The van der Waals surface area contributed by atoms with Gasteiger partial charge >= 0.3 is 0 Å². The number of nitriles is 1. The zero-order valence-electron chi connectivity index (χ0n) is 10.4. The second kappa shape index (κ2) is 5.07. The summed E-state index contributed by atoms with van der Waals surface area (Å²) in [5, 5.41) is 8.68. The highest BCUT2D eigenvalue weighted by molar-refractivity contribution is 7.92. The van der Waals surface area contributed by atoms with Gasteiger partial charge in [0, 0.05) is 6.20 Å². The average molecular weight is 264 g/mol. The van der Waals surface area contributed by atoms with Crippen LogP contribution in [0.1, 0.15) is 43.9 Å². The molecular weight excluding hydrogens is 248 g/mol. The van der Waals surface area contributed by atoms with Gasteiger partial charge in [0.05, 0.1) is 5.25 Å². The lowest BCUT2D eigenvalue weighted by Crippen LogP contribution is -2.19. The van der Waals surface area contributed by atoms with E-state index in [9.17, 15) is 8.42 Å². The van der Waals surface area contributed by atoms with Gasteiger partial charge in [-0.1, -0.05) is 19.8 Å². The Morgan fingerprint density at radius 1 is 1.44 bits per heavy atom. The summed E-state index contributed by atoms with van der Waals surface area (Å²) in [5.41, 5.74) is 0.879. The molecule has 0 aromatic carbocycles. The van der Waals surface area contributed by atoms with Crippen molar-refractivity contribution in [3.8, 4) is 6.07 Å². The molecule has 1 aromatic heterocycles. The van der Waals surface area contributed by atoms with Crippen molar-refractivity contribution in [1.82, 2.24) is 4.98 Å². The maximum Gasteiger partial charge on any atom is 0.184 e. The van der Waals surface area contributed by atoms with Crippen LogP contribution in [0.25, 0.3) is 0 Å². The smallest absolute Gasteiger partial charge is 0.184 e. The van der Waals surface area contributed by atoms with Gasteiger partial charge in [0.2, 0.25) is 0 Å². The molecule has 1 aliphatic carbocycles. The van der Waals surface area contributed by atoms with E-state index in [1.807, 2.05) is 13.0 Å². The molecule has 0 atom stereocenters. The molecule has 0 saturated heterocycles. The van der Waals surface area contributed by atoms with E-state index in [-0.39, 0.29) is 15.8 Å². The van der Waals surface area contributed by atoms with E-state index in [0.717, 1.165) is 18.4 Å². The number of rotatable bonds is 3. The Bertz CT molecular complexity index is 581. The molecule has 96 valence electrons. The summed E-state index contributed by atoms with van der Waals surface area (Å²) in [6, 6.07) is 3.50. The zero-order valence-corrected chi connectivity index (χ0v) is 11.2. The first kappa shape index (κ1) is 13.0. The fourth-order valence-electron chi connectivity index (χ4n) is 2.36. The number of sulfone groups is 1. The zero-order chi connectivity index (χ0) is 13.2. The van der Waals surface area contributed by atoms with Crippen LogP contribution < -0.4 is 0 Å². The summed E-state index contributed by atoms with van der Waals surface area (Å²) in [6.45, 7) is 1.94. The van der Waals surface area contributed by atoms with Crippen LogP contribution >= 0.6 is 0 Å². The molecule has 0 spiro atoms. The predicted octanol–water partition coefficient (Wildman–Crippen LogP) is 2.23. The van der Waals surface area contributed by atoms with Crippen LogP contribution in [-0.4, -0.2) is 18.7 Å². The molecule has 4 nitrogen and oxygen atoms in total. The van der Waals surface area contributed by atoms with E-state index >= 15 is 0 Å². The van der Waals surface area contributed by atoms with Gasteiger partial charge in [-0.25, -0.2) is 13.4 Å². The topological polar surface area (TPSA) is 70.8 Å². The van der Waals surface area contributed by atoms with Crippen LogP contribution in [0.4, 0.5) is 0 Å². The summed E-state index contributed by atoms with van der Waals surface area (Å²) < 4.78 is 25.0. The molecule has 2 rings (SSSR count). The summed E-state index contributed by atoms with van der Waals surface area (Å²) >= 11 is 0. The summed E-state index contributed by atoms with van der Waals surface area (Å²) in [4.78, 5) is 4.09. The number of aryl methyl sites for hydroxylation is 1. The SMILES string of the molecule is CCc1cnc(C#N)c(S(=O)(=O)C2CCCC2)c1. The first-order valence-corrected chi connectivity index (χ1v) is 7.77. The Hall–Kier alpha value is -1.41. The number of hydrogen-bond acceptors (Lipinski definition) is 4. The minimum atomic E-state index is -3.40. The van der Waals surface area contributed by atoms with Gasteiger partial charge in [-0.15, -0.1) is 0 Å². The molecule has 1 aliphatic rings. The Morgan fingerprint density at radius 3 is 2.67 bits per heavy atom. The van der Waals surface area contributed by atoms with Crippen LogP contribution in [0.15, 0.2) is 17.2 Å². The largest absolute Gasteiger partial charge is 0.244 e. The van der Waals surface area contributed by atoms with Crippen molar-refractivity contribution in [3.63, 3.8) is 0 Å².